The minimum atomic E-state index is -0.467. The molecule has 4 N–H and O–H groups in total. The average Bonchev–Trinajstić information content (AvgIpc) is 2.40. The number of hydrogen-bond donors (Lipinski definition) is 3. The zero-order valence-corrected chi connectivity index (χ0v) is 5.81. The fourth-order valence-corrected chi connectivity index (χ4v) is 0.911. The number of urea groups is 1. The number of hydrazine groups is 1. The third-order valence-electron chi connectivity index (χ3n) is 0.805. The summed E-state index contributed by atoms with van der Waals surface area (Å²) in [6.45, 7) is 0. The summed E-state index contributed by atoms with van der Waals surface area (Å²) >= 11 is 1.40. The molecule has 0 fully saturated rings. The second-order valence-electron chi connectivity index (χ2n) is 1.47. The van der Waals surface area contributed by atoms with E-state index in [1.165, 1.54) is 11.3 Å². The fraction of sp³-hybridized carbons (Fsp3) is 0. The van der Waals surface area contributed by atoms with Crippen LogP contribution in [0.25, 0.3) is 0 Å². The van der Waals surface area contributed by atoms with Gasteiger partial charge in [-0.15, -0.1) is 11.3 Å². The Morgan fingerprint density at radius 2 is 2.60 bits per heavy atom. The highest BCUT2D eigenvalue weighted by Crippen LogP contribution is 2.05. The van der Waals surface area contributed by atoms with Crippen LogP contribution in [0, 0.1) is 0 Å². The van der Waals surface area contributed by atoms with Gasteiger partial charge in [-0.25, -0.2) is 15.6 Å². The molecule has 5 nitrogen and oxygen atoms in total. The van der Waals surface area contributed by atoms with Crippen molar-refractivity contribution in [1.29, 1.82) is 0 Å². The first kappa shape index (κ1) is 6.97. The van der Waals surface area contributed by atoms with Gasteiger partial charge in [0.15, 0.2) is 0 Å². The highest BCUT2D eigenvalue weighted by molar-refractivity contribution is 7.07. The lowest BCUT2D eigenvalue weighted by atomic mass is 10.7. The maximum Gasteiger partial charge on any atom is 0.334 e. The number of aromatic nitrogens is 1. The van der Waals surface area contributed by atoms with E-state index in [4.69, 9.17) is 5.84 Å². The predicted octanol–water partition coefficient (Wildman–Crippen LogP) is 0.138. The summed E-state index contributed by atoms with van der Waals surface area (Å²) in [4.78, 5) is 14.3. The van der Waals surface area contributed by atoms with Crippen LogP contribution in [-0.4, -0.2) is 11.0 Å². The lowest BCUT2D eigenvalue weighted by Gasteiger charge is -1.97. The molecule has 0 aliphatic heterocycles. The molecule has 0 saturated heterocycles. The van der Waals surface area contributed by atoms with E-state index in [0.29, 0.717) is 5.82 Å². The molecule has 2 amide bonds. The molecule has 1 aromatic heterocycles. The second kappa shape index (κ2) is 3.14. The molecule has 0 unspecified atom stereocenters. The zero-order chi connectivity index (χ0) is 7.40. The second-order valence-corrected chi connectivity index (χ2v) is 2.19. The third-order valence-corrected chi connectivity index (χ3v) is 1.39. The van der Waals surface area contributed by atoms with Crippen molar-refractivity contribution < 1.29 is 4.79 Å². The molecule has 0 atom stereocenters. The number of amides is 2. The molecule has 0 aliphatic rings. The molecule has 1 rings (SSSR count). The largest absolute Gasteiger partial charge is 0.334 e. The van der Waals surface area contributed by atoms with Crippen molar-refractivity contribution in [2.24, 2.45) is 5.84 Å². The maximum absolute atomic E-state index is 10.5. The van der Waals surface area contributed by atoms with Crippen molar-refractivity contribution in [3.05, 3.63) is 10.9 Å². The number of rotatable bonds is 1. The Kier molecular flexibility index (Phi) is 2.19. The number of thiazole rings is 1. The minimum absolute atomic E-state index is 0.467. The van der Waals surface area contributed by atoms with E-state index in [0.717, 1.165) is 0 Å². The molecular formula is C4H6N4OS. The Hall–Kier alpha value is -1.14. The van der Waals surface area contributed by atoms with Crippen LogP contribution >= 0.6 is 11.3 Å². The van der Waals surface area contributed by atoms with Gasteiger partial charge in [-0.3, -0.25) is 10.7 Å². The van der Waals surface area contributed by atoms with Gasteiger partial charge >= 0.3 is 6.03 Å². The van der Waals surface area contributed by atoms with Gasteiger partial charge in [0.1, 0.15) is 5.82 Å². The Balaban J connectivity index is 2.48. The van der Waals surface area contributed by atoms with E-state index in [1.54, 1.807) is 10.9 Å². The van der Waals surface area contributed by atoms with Crippen molar-refractivity contribution >= 4 is 23.2 Å². The van der Waals surface area contributed by atoms with Crippen molar-refractivity contribution in [2.75, 3.05) is 5.32 Å². The van der Waals surface area contributed by atoms with Gasteiger partial charge in [0, 0.05) is 5.38 Å². The normalized spacial score (nSPS) is 8.90. The van der Waals surface area contributed by atoms with Crippen molar-refractivity contribution in [3.8, 4) is 0 Å². The molecule has 1 heterocycles. The summed E-state index contributed by atoms with van der Waals surface area (Å²) in [5.41, 5.74) is 3.54. The number of hydrogen-bond acceptors (Lipinski definition) is 4. The molecule has 0 aromatic carbocycles. The summed E-state index contributed by atoms with van der Waals surface area (Å²) in [5, 5.41) is 4.10. The summed E-state index contributed by atoms with van der Waals surface area (Å²) in [6, 6.07) is -0.467. The van der Waals surface area contributed by atoms with Crippen LogP contribution in [0.3, 0.4) is 0 Å². The summed E-state index contributed by atoms with van der Waals surface area (Å²) < 4.78 is 0. The average molecular weight is 158 g/mol. The smallest absolute Gasteiger partial charge is 0.291 e. The molecule has 6 heteroatoms. The van der Waals surface area contributed by atoms with Gasteiger partial charge in [-0.05, 0) is 0 Å². The first-order valence-corrected chi connectivity index (χ1v) is 3.43. The highest BCUT2D eigenvalue weighted by Gasteiger charge is 1.97. The summed E-state index contributed by atoms with van der Waals surface area (Å²) in [7, 11) is 0. The molecule has 1 aromatic rings. The van der Waals surface area contributed by atoms with Gasteiger partial charge in [0.05, 0.1) is 5.51 Å². The van der Waals surface area contributed by atoms with Crippen LogP contribution in [0.1, 0.15) is 0 Å². The zero-order valence-electron chi connectivity index (χ0n) is 5.00. The lowest BCUT2D eigenvalue weighted by Crippen LogP contribution is -2.34. The Morgan fingerprint density at radius 3 is 3.10 bits per heavy atom. The van der Waals surface area contributed by atoms with E-state index in [2.05, 4.69) is 10.3 Å². The minimum Gasteiger partial charge on any atom is -0.291 e. The number of carbonyl (C=O) groups excluding carboxylic acids is 1. The van der Waals surface area contributed by atoms with Crippen LogP contribution in [0.15, 0.2) is 10.9 Å². The summed E-state index contributed by atoms with van der Waals surface area (Å²) in [6.07, 6.45) is 0. The first-order chi connectivity index (χ1) is 4.83. The molecule has 54 valence electrons. The molecule has 0 aliphatic carbocycles. The van der Waals surface area contributed by atoms with Crippen molar-refractivity contribution in [3.63, 3.8) is 0 Å². The van der Waals surface area contributed by atoms with Crippen LogP contribution < -0.4 is 16.6 Å². The van der Waals surface area contributed by atoms with Crippen molar-refractivity contribution in [2.45, 2.75) is 0 Å². The topological polar surface area (TPSA) is 80.0 Å². The third kappa shape index (κ3) is 1.67. The van der Waals surface area contributed by atoms with Gasteiger partial charge < -0.3 is 0 Å². The molecule has 10 heavy (non-hydrogen) atoms. The van der Waals surface area contributed by atoms with Crippen LogP contribution in [-0.2, 0) is 0 Å². The lowest BCUT2D eigenvalue weighted by molar-refractivity contribution is 0.252. The monoisotopic (exact) mass is 158 g/mol. The van der Waals surface area contributed by atoms with E-state index >= 15 is 0 Å². The van der Waals surface area contributed by atoms with E-state index in [1.807, 2.05) is 5.43 Å². The standard InChI is InChI=1S/C4H6N4OS/c5-8-4(9)7-3-1-10-2-6-3/h1-2H,5H2,(H2,7,8,9). The number of nitrogens with one attached hydrogen (secondary N) is 2. The molecular weight excluding hydrogens is 152 g/mol. The Labute approximate surface area is 61.2 Å². The van der Waals surface area contributed by atoms with E-state index in [-0.39, 0.29) is 0 Å². The Bertz CT molecular complexity index is 209. The summed E-state index contributed by atoms with van der Waals surface area (Å²) in [5.74, 6) is 5.31. The predicted molar refractivity (Wildman–Crippen MR) is 38.5 cm³/mol. The highest BCUT2D eigenvalue weighted by atomic mass is 32.1. The van der Waals surface area contributed by atoms with Gasteiger partial charge in [0.2, 0.25) is 0 Å². The van der Waals surface area contributed by atoms with E-state index in [9.17, 15) is 4.79 Å². The fourth-order valence-electron chi connectivity index (χ4n) is 0.427. The van der Waals surface area contributed by atoms with Crippen LogP contribution in [0.2, 0.25) is 0 Å². The quantitative estimate of drug-likeness (QED) is 0.309. The first-order valence-electron chi connectivity index (χ1n) is 2.48. The Morgan fingerprint density at radius 1 is 1.80 bits per heavy atom. The maximum atomic E-state index is 10.5. The molecule has 0 bridgehead atoms. The number of carbonyl (C=O) groups is 1. The van der Waals surface area contributed by atoms with Gasteiger partial charge in [-0.1, -0.05) is 0 Å². The molecule has 0 spiro atoms. The van der Waals surface area contributed by atoms with E-state index < -0.39 is 6.03 Å². The van der Waals surface area contributed by atoms with Gasteiger partial charge in [0.25, 0.3) is 0 Å². The van der Waals surface area contributed by atoms with Gasteiger partial charge in [-0.2, -0.15) is 0 Å². The SMILES string of the molecule is NNC(=O)Nc1cscn1. The molecule has 0 radical (unpaired) electrons. The molecule has 0 saturated carbocycles. The number of anilines is 1. The van der Waals surface area contributed by atoms with Crippen LogP contribution in [0.4, 0.5) is 10.6 Å². The number of nitrogens with two attached hydrogens (primary N) is 1. The van der Waals surface area contributed by atoms with Crippen LogP contribution in [0.5, 0.6) is 0 Å². The number of nitrogens with zero attached hydrogens (tertiary/aromatic N) is 1. The van der Waals surface area contributed by atoms with Crippen molar-refractivity contribution in [1.82, 2.24) is 10.4 Å².